The third-order valence-corrected chi connectivity index (χ3v) is 5.68. The van der Waals surface area contributed by atoms with Gasteiger partial charge in [-0.05, 0) is 44.2 Å². The molecule has 0 saturated carbocycles. The highest BCUT2D eigenvalue weighted by Crippen LogP contribution is 2.29. The number of fused-ring (bicyclic) bond motifs is 1. The van der Waals surface area contributed by atoms with Crippen LogP contribution in [-0.2, 0) is 9.84 Å². The lowest BCUT2D eigenvalue weighted by molar-refractivity contribution is 0.602. The van der Waals surface area contributed by atoms with Crippen molar-refractivity contribution in [3.8, 4) is 5.69 Å². The number of benzene rings is 2. The number of nitrogens with one attached hydrogen (secondary N) is 1. The number of hydrogen-bond donors (Lipinski definition) is 1. The number of para-hydroxylation sites is 1. The number of aryl methyl sites for hydroxylation is 1. The van der Waals surface area contributed by atoms with Crippen molar-refractivity contribution in [3.05, 3.63) is 66.2 Å². The van der Waals surface area contributed by atoms with Crippen molar-refractivity contribution in [1.29, 1.82) is 0 Å². The quantitative estimate of drug-likeness (QED) is 0.570. The van der Waals surface area contributed by atoms with Gasteiger partial charge in [-0.3, -0.25) is 0 Å². The highest BCUT2D eigenvalue weighted by molar-refractivity contribution is 7.90. The normalized spacial score (nSPS) is 11.7. The molecule has 0 atom stereocenters. The van der Waals surface area contributed by atoms with E-state index in [1.807, 2.05) is 48.9 Å². The van der Waals surface area contributed by atoms with Crippen molar-refractivity contribution in [3.63, 3.8) is 0 Å². The fourth-order valence-corrected chi connectivity index (χ4v) is 3.78. The second-order valence-electron chi connectivity index (χ2n) is 6.59. The van der Waals surface area contributed by atoms with E-state index < -0.39 is 9.84 Å². The Morgan fingerprint density at radius 3 is 2.46 bits per heavy atom. The lowest BCUT2D eigenvalue weighted by atomic mass is 10.2. The van der Waals surface area contributed by atoms with Gasteiger partial charge in [0, 0.05) is 11.6 Å². The minimum absolute atomic E-state index is 0.228. The number of anilines is 2. The molecule has 0 fully saturated rings. The Hall–Kier alpha value is -3.26. The van der Waals surface area contributed by atoms with E-state index in [4.69, 9.17) is 0 Å². The van der Waals surface area contributed by atoms with Crippen LogP contribution in [0.2, 0.25) is 0 Å². The molecule has 0 unspecified atom stereocenters. The number of nitrogens with zero attached hydrogens (tertiary/aromatic N) is 4. The molecular formula is C20H19N5O2S. The highest BCUT2D eigenvalue weighted by atomic mass is 32.2. The van der Waals surface area contributed by atoms with Gasteiger partial charge in [-0.15, -0.1) is 0 Å². The number of aromatic nitrogens is 4. The predicted molar refractivity (Wildman–Crippen MR) is 109 cm³/mol. The molecule has 7 nitrogen and oxygen atoms in total. The maximum absolute atomic E-state index is 11.9. The summed E-state index contributed by atoms with van der Waals surface area (Å²) in [4.78, 5) is 8.80. The summed E-state index contributed by atoms with van der Waals surface area (Å²) >= 11 is 0. The molecule has 0 aliphatic rings. The summed E-state index contributed by atoms with van der Waals surface area (Å²) < 4.78 is 25.7. The Kier molecular flexibility index (Phi) is 4.35. The molecule has 0 aliphatic heterocycles. The van der Waals surface area contributed by atoms with Crippen LogP contribution >= 0.6 is 0 Å². The second kappa shape index (κ2) is 6.72. The van der Waals surface area contributed by atoms with E-state index in [2.05, 4.69) is 20.4 Å². The van der Waals surface area contributed by atoms with Crippen molar-refractivity contribution < 1.29 is 8.42 Å². The van der Waals surface area contributed by atoms with Gasteiger partial charge in [0.2, 0.25) is 0 Å². The lowest BCUT2D eigenvalue weighted by Crippen LogP contribution is -2.02. The molecule has 0 spiro atoms. The topological polar surface area (TPSA) is 89.8 Å². The van der Waals surface area contributed by atoms with Crippen LogP contribution in [0, 0.1) is 13.8 Å². The Morgan fingerprint density at radius 1 is 1.00 bits per heavy atom. The van der Waals surface area contributed by atoms with Gasteiger partial charge >= 0.3 is 0 Å². The minimum atomic E-state index is -3.33. The Labute approximate surface area is 163 Å². The third kappa shape index (κ3) is 3.22. The van der Waals surface area contributed by atoms with Crippen molar-refractivity contribution in [2.75, 3.05) is 11.6 Å². The van der Waals surface area contributed by atoms with Gasteiger partial charge in [-0.1, -0.05) is 18.2 Å². The van der Waals surface area contributed by atoms with E-state index >= 15 is 0 Å². The average Bonchev–Trinajstić information content (AvgIpc) is 2.96. The zero-order valence-corrected chi connectivity index (χ0v) is 16.5. The van der Waals surface area contributed by atoms with E-state index in [1.165, 1.54) is 12.6 Å². The van der Waals surface area contributed by atoms with Crippen LogP contribution in [0.15, 0.2) is 59.8 Å². The maximum atomic E-state index is 11.9. The van der Waals surface area contributed by atoms with Crippen LogP contribution in [0.3, 0.4) is 0 Å². The van der Waals surface area contributed by atoms with Crippen LogP contribution in [0.4, 0.5) is 11.5 Å². The van der Waals surface area contributed by atoms with Gasteiger partial charge < -0.3 is 5.32 Å². The smallest absolute Gasteiger partial charge is 0.175 e. The van der Waals surface area contributed by atoms with Crippen molar-refractivity contribution in [2.45, 2.75) is 18.7 Å². The predicted octanol–water partition coefficient (Wildman–Crippen LogP) is 3.58. The van der Waals surface area contributed by atoms with E-state index in [9.17, 15) is 8.42 Å². The molecule has 0 aliphatic carbocycles. The largest absolute Gasteiger partial charge is 0.337 e. The zero-order valence-electron chi connectivity index (χ0n) is 15.7. The Balaban J connectivity index is 1.82. The van der Waals surface area contributed by atoms with Crippen molar-refractivity contribution in [1.82, 2.24) is 19.7 Å². The van der Waals surface area contributed by atoms with Crippen molar-refractivity contribution in [2.24, 2.45) is 0 Å². The SMILES string of the molecule is Cc1nn(-c2ccccc2)c(C)c1Nc1ncnc2ccc(S(C)(=O)=O)cc12. The third-order valence-electron chi connectivity index (χ3n) is 4.57. The van der Waals surface area contributed by atoms with Gasteiger partial charge in [0.1, 0.15) is 12.1 Å². The summed E-state index contributed by atoms with van der Waals surface area (Å²) in [5.41, 5.74) is 4.19. The summed E-state index contributed by atoms with van der Waals surface area (Å²) in [6.07, 6.45) is 2.64. The maximum Gasteiger partial charge on any atom is 0.175 e. The van der Waals surface area contributed by atoms with E-state index in [1.54, 1.807) is 18.2 Å². The van der Waals surface area contributed by atoms with Crippen LogP contribution in [0.5, 0.6) is 0 Å². The van der Waals surface area contributed by atoms with Crippen LogP contribution in [0.1, 0.15) is 11.4 Å². The molecule has 0 radical (unpaired) electrons. The summed E-state index contributed by atoms with van der Waals surface area (Å²) in [6.45, 7) is 3.89. The average molecular weight is 393 g/mol. The van der Waals surface area contributed by atoms with Crippen LogP contribution < -0.4 is 5.32 Å². The Morgan fingerprint density at radius 2 is 1.75 bits per heavy atom. The van der Waals surface area contributed by atoms with Gasteiger partial charge in [0.25, 0.3) is 0 Å². The molecule has 1 N–H and O–H groups in total. The standard InChI is InChI=1S/C20H19N5O2S/c1-13-19(14(2)25(24-13)15-7-5-4-6-8-15)23-20-17-11-16(28(3,26)27)9-10-18(17)21-12-22-20/h4-12H,1-3H3,(H,21,22,23). The molecule has 0 bridgehead atoms. The lowest BCUT2D eigenvalue weighted by Gasteiger charge is -2.10. The van der Waals surface area contributed by atoms with Gasteiger partial charge in [-0.2, -0.15) is 5.10 Å². The summed E-state index contributed by atoms with van der Waals surface area (Å²) in [5.74, 6) is 0.536. The molecule has 28 heavy (non-hydrogen) atoms. The molecule has 2 aromatic carbocycles. The van der Waals surface area contributed by atoms with E-state index in [0.717, 1.165) is 22.8 Å². The number of hydrogen-bond acceptors (Lipinski definition) is 6. The first-order valence-electron chi connectivity index (χ1n) is 8.68. The number of rotatable bonds is 4. The number of sulfone groups is 1. The molecule has 4 rings (SSSR count). The summed E-state index contributed by atoms with van der Waals surface area (Å²) in [7, 11) is -3.33. The molecule has 2 heterocycles. The summed E-state index contributed by atoms with van der Waals surface area (Å²) in [5, 5.41) is 8.59. The van der Waals surface area contributed by atoms with Gasteiger partial charge in [-0.25, -0.2) is 23.1 Å². The van der Waals surface area contributed by atoms with Gasteiger partial charge in [0.15, 0.2) is 9.84 Å². The Bertz CT molecular complexity index is 1280. The van der Waals surface area contributed by atoms with E-state index in [0.29, 0.717) is 16.7 Å². The molecule has 8 heteroatoms. The minimum Gasteiger partial charge on any atom is -0.337 e. The second-order valence-corrected chi connectivity index (χ2v) is 8.61. The highest BCUT2D eigenvalue weighted by Gasteiger charge is 2.16. The molecule has 0 amide bonds. The molecule has 4 aromatic rings. The van der Waals surface area contributed by atoms with Gasteiger partial charge in [0.05, 0.1) is 33.2 Å². The van der Waals surface area contributed by atoms with Crippen LogP contribution in [-0.4, -0.2) is 34.4 Å². The molecular weight excluding hydrogens is 374 g/mol. The molecule has 2 aromatic heterocycles. The van der Waals surface area contributed by atoms with E-state index in [-0.39, 0.29) is 4.90 Å². The first kappa shape index (κ1) is 18.1. The summed E-state index contributed by atoms with van der Waals surface area (Å²) in [6, 6.07) is 14.7. The first-order valence-corrected chi connectivity index (χ1v) is 10.6. The molecule has 0 saturated heterocycles. The fourth-order valence-electron chi connectivity index (χ4n) is 3.13. The van der Waals surface area contributed by atoms with Crippen molar-refractivity contribution >= 4 is 32.2 Å². The zero-order chi connectivity index (χ0) is 19.9. The monoisotopic (exact) mass is 393 g/mol. The fraction of sp³-hybridized carbons (Fsp3) is 0.150. The molecule has 142 valence electrons. The van der Waals surface area contributed by atoms with Crippen LogP contribution in [0.25, 0.3) is 16.6 Å². The first-order chi connectivity index (χ1) is 13.3.